The Morgan fingerprint density at radius 2 is 1.85 bits per heavy atom. The van der Waals surface area contributed by atoms with Gasteiger partial charge in [0.05, 0.1) is 23.1 Å². The Bertz CT molecular complexity index is 1200. The molecule has 0 aliphatic rings. The lowest BCUT2D eigenvalue weighted by atomic mass is 9.96. The van der Waals surface area contributed by atoms with E-state index in [2.05, 4.69) is 9.71 Å². The van der Waals surface area contributed by atoms with E-state index in [0.29, 0.717) is 22.2 Å². The largest absolute Gasteiger partial charge is 0.335 e. The van der Waals surface area contributed by atoms with Gasteiger partial charge in [0.1, 0.15) is 5.65 Å². The molecule has 6 nitrogen and oxygen atoms in total. The minimum atomic E-state index is -3.68. The van der Waals surface area contributed by atoms with Crippen LogP contribution >= 0.6 is 0 Å². The van der Waals surface area contributed by atoms with E-state index in [4.69, 9.17) is 0 Å². The molecule has 0 amide bonds. The van der Waals surface area contributed by atoms with E-state index < -0.39 is 21.6 Å². The van der Waals surface area contributed by atoms with E-state index in [1.165, 1.54) is 12.1 Å². The second-order valence-corrected chi connectivity index (χ2v) is 8.49. The van der Waals surface area contributed by atoms with Crippen LogP contribution in [0.3, 0.4) is 0 Å². The van der Waals surface area contributed by atoms with Crippen molar-refractivity contribution in [2.24, 2.45) is 7.05 Å². The van der Waals surface area contributed by atoms with Crippen molar-refractivity contribution in [1.29, 1.82) is 0 Å². The summed E-state index contributed by atoms with van der Waals surface area (Å²) in [4.78, 5) is 17.6. The van der Waals surface area contributed by atoms with Gasteiger partial charge < -0.3 is 4.57 Å². The Morgan fingerprint density at radius 3 is 2.48 bits per heavy atom. The van der Waals surface area contributed by atoms with Crippen molar-refractivity contribution in [3.63, 3.8) is 0 Å². The third-order valence-corrected chi connectivity index (χ3v) is 5.20. The summed E-state index contributed by atoms with van der Waals surface area (Å²) >= 11 is 0. The maximum absolute atomic E-state index is 15.0. The molecule has 1 aromatic carbocycles. The van der Waals surface area contributed by atoms with Gasteiger partial charge in [-0.05, 0) is 43.5 Å². The Labute approximate surface area is 157 Å². The number of carbonyl (C=O) groups is 1. The minimum Gasteiger partial charge on any atom is -0.335 e. The van der Waals surface area contributed by atoms with Crippen LogP contribution in [0.5, 0.6) is 0 Å². The van der Waals surface area contributed by atoms with Gasteiger partial charge in [-0.1, -0.05) is 6.07 Å². The van der Waals surface area contributed by atoms with Gasteiger partial charge in [-0.2, -0.15) is 0 Å². The summed E-state index contributed by atoms with van der Waals surface area (Å²) in [7, 11) is -1.91. The van der Waals surface area contributed by atoms with Crippen LogP contribution in [0, 0.1) is 26.6 Å². The average molecular weight is 389 g/mol. The smallest absolute Gasteiger partial charge is 0.229 e. The highest BCUT2D eigenvalue weighted by Crippen LogP contribution is 2.30. The van der Waals surface area contributed by atoms with Gasteiger partial charge in [-0.25, -0.2) is 17.8 Å². The Hall–Kier alpha value is -2.74. The average Bonchev–Trinajstić information content (AvgIpc) is 2.90. The van der Waals surface area contributed by atoms with Crippen molar-refractivity contribution < 1.29 is 17.6 Å². The zero-order chi connectivity index (χ0) is 20.1. The van der Waals surface area contributed by atoms with Crippen molar-refractivity contribution in [2.75, 3.05) is 11.0 Å². The summed E-state index contributed by atoms with van der Waals surface area (Å²) < 4.78 is 41.8. The van der Waals surface area contributed by atoms with Gasteiger partial charge in [0, 0.05) is 24.8 Å². The van der Waals surface area contributed by atoms with E-state index in [0.717, 1.165) is 17.4 Å². The quantitative estimate of drug-likeness (QED) is 0.695. The van der Waals surface area contributed by atoms with Crippen LogP contribution in [0.4, 0.5) is 10.1 Å². The number of halogens is 1. The number of hydrogen-bond donors (Lipinski definition) is 1. The van der Waals surface area contributed by atoms with E-state index in [9.17, 15) is 13.2 Å². The molecule has 0 saturated heterocycles. The molecule has 8 heteroatoms. The second kappa shape index (κ2) is 6.45. The fourth-order valence-corrected chi connectivity index (χ4v) is 3.69. The number of nitrogens with one attached hydrogen (secondary N) is 1. The number of nitrogens with zero attached hydrogens (tertiary/aromatic N) is 2. The number of sulfonamides is 1. The lowest BCUT2D eigenvalue weighted by Gasteiger charge is -2.12. The Kier molecular flexibility index (Phi) is 4.55. The zero-order valence-electron chi connectivity index (χ0n) is 15.7. The molecule has 2 heterocycles. The van der Waals surface area contributed by atoms with Crippen molar-refractivity contribution in [3.8, 4) is 0 Å². The van der Waals surface area contributed by atoms with Crippen LogP contribution in [-0.2, 0) is 17.1 Å². The summed E-state index contributed by atoms with van der Waals surface area (Å²) in [6.45, 7) is 5.40. The molecule has 0 unspecified atom stereocenters. The van der Waals surface area contributed by atoms with Gasteiger partial charge in [0.15, 0.2) is 11.6 Å². The van der Waals surface area contributed by atoms with Gasteiger partial charge in [0.25, 0.3) is 0 Å². The molecule has 142 valence electrons. The molecular weight excluding hydrogens is 369 g/mol. The minimum absolute atomic E-state index is 0.156. The number of ketones is 1. The number of hydrogen-bond acceptors (Lipinski definition) is 4. The standard InChI is InChI=1S/C19H20FN3O3S/c1-10-6-7-14(22-27(5,25)26)17(20)15(10)18(24)13-9-23(4)19-16(13)12(3)11(2)8-21-19/h6-9,22H,1-5H3. The Morgan fingerprint density at radius 1 is 1.19 bits per heavy atom. The molecule has 1 N–H and O–H groups in total. The van der Waals surface area contributed by atoms with Crippen molar-refractivity contribution in [1.82, 2.24) is 9.55 Å². The van der Waals surface area contributed by atoms with Crippen LogP contribution in [0.15, 0.2) is 24.5 Å². The van der Waals surface area contributed by atoms with Gasteiger partial charge in [0.2, 0.25) is 10.0 Å². The maximum atomic E-state index is 15.0. The van der Waals surface area contributed by atoms with E-state index >= 15 is 4.39 Å². The fourth-order valence-electron chi connectivity index (χ4n) is 3.13. The molecule has 2 aromatic heterocycles. The molecule has 0 radical (unpaired) electrons. The molecule has 3 rings (SSSR count). The molecule has 3 aromatic rings. The van der Waals surface area contributed by atoms with Crippen molar-refractivity contribution in [3.05, 3.63) is 58.2 Å². The first-order chi connectivity index (χ1) is 12.5. The van der Waals surface area contributed by atoms with E-state index in [1.807, 2.05) is 13.8 Å². The SMILES string of the molecule is Cc1ccc(NS(C)(=O)=O)c(F)c1C(=O)c1cn(C)c2ncc(C)c(C)c12. The highest BCUT2D eigenvalue weighted by molar-refractivity contribution is 7.92. The van der Waals surface area contributed by atoms with Crippen molar-refractivity contribution >= 4 is 32.5 Å². The first kappa shape index (κ1) is 19.0. The van der Waals surface area contributed by atoms with Gasteiger partial charge >= 0.3 is 0 Å². The normalized spacial score (nSPS) is 11.8. The summed E-state index contributed by atoms with van der Waals surface area (Å²) in [5, 5.41) is 0.669. The summed E-state index contributed by atoms with van der Waals surface area (Å²) in [6, 6.07) is 2.83. The predicted molar refractivity (Wildman–Crippen MR) is 103 cm³/mol. The number of pyridine rings is 1. The topological polar surface area (TPSA) is 81.1 Å². The number of aryl methyl sites for hydroxylation is 4. The summed E-state index contributed by atoms with van der Waals surface area (Å²) in [5.41, 5.74) is 2.80. The number of benzene rings is 1. The number of carbonyl (C=O) groups excluding carboxylic acids is 1. The van der Waals surface area contributed by atoms with Gasteiger partial charge in [-0.15, -0.1) is 0 Å². The van der Waals surface area contributed by atoms with Crippen LogP contribution in [0.25, 0.3) is 11.0 Å². The lowest BCUT2D eigenvalue weighted by Crippen LogP contribution is -2.14. The first-order valence-corrected chi connectivity index (χ1v) is 10.1. The molecule has 0 fully saturated rings. The number of aromatic nitrogens is 2. The third kappa shape index (κ3) is 3.32. The molecule has 0 saturated carbocycles. The molecule has 27 heavy (non-hydrogen) atoms. The first-order valence-electron chi connectivity index (χ1n) is 8.24. The lowest BCUT2D eigenvalue weighted by molar-refractivity contribution is 0.103. The van der Waals surface area contributed by atoms with E-state index in [-0.39, 0.29) is 11.3 Å². The van der Waals surface area contributed by atoms with Crippen LogP contribution < -0.4 is 4.72 Å². The van der Waals surface area contributed by atoms with Crippen LogP contribution in [0.1, 0.15) is 32.6 Å². The molecule has 0 atom stereocenters. The molecule has 0 spiro atoms. The van der Waals surface area contributed by atoms with Crippen molar-refractivity contribution in [2.45, 2.75) is 20.8 Å². The molecule has 0 aliphatic heterocycles. The number of fused-ring (bicyclic) bond motifs is 1. The number of anilines is 1. The summed E-state index contributed by atoms with van der Waals surface area (Å²) in [6.07, 6.45) is 4.28. The number of rotatable bonds is 4. The fraction of sp³-hybridized carbons (Fsp3) is 0.263. The third-order valence-electron chi connectivity index (χ3n) is 4.61. The predicted octanol–water partition coefficient (Wildman–Crippen LogP) is 3.24. The molecule has 0 bridgehead atoms. The summed E-state index contributed by atoms with van der Waals surface area (Å²) in [5.74, 6) is -1.40. The highest BCUT2D eigenvalue weighted by atomic mass is 32.2. The zero-order valence-corrected chi connectivity index (χ0v) is 16.5. The Balaban J connectivity index is 2.25. The van der Waals surface area contributed by atoms with Crippen LogP contribution in [0.2, 0.25) is 0 Å². The molecule has 0 aliphatic carbocycles. The maximum Gasteiger partial charge on any atom is 0.229 e. The molecular formula is C19H20FN3O3S. The van der Waals surface area contributed by atoms with Gasteiger partial charge in [-0.3, -0.25) is 9.52 Å². The van der Waals surface area contributed by atoms with Crippen LogP contribution in [-0.4, -0.2) is 30.0 Å². The monoisotopic (exact) mass is 389 g/mol. The van der Waals surface area contributed by atoms with E-state index in [1.54, 1.807) is 30.9 Å². The second-order valence-electron chi connectivity index (χ2n) is 6.74. The highest BCUT2D eigenvalue weighted by Gasteiger charge is 2.25.